The Morgan fingerprint density at radius 2 is 2.05 bits per heavy atom. The number of ether oxygens (including phenoxy) is 1. The molecule has 2 fully saturated rings. The number of hydrogen-bond acceptors (Lipinski definition) is 4. The maximum atomic E-state index is 5.71. The molecular weight excluding hydrogens is 238 g/mol. The predicted octanol–water partition coefficient (Wildman–Crippen LogP) is 1.38. The van der Waals surface area contributed by atoms with Crippen molar-refractivity contribution < 1.29 is 4.74 Å². The van der Waals surface area contributed by atoms with Gasteiger partial charge in [0.25, 0.3) is 0 Å². The Morgan fingerprint density at radius 1 is 1.21 bits per heavy atom. The summed E-state index contributed by atoms with van der Waals surface area (Å²) in [6, 6.07) is 4.18. The third kappa shape index (κ3) is 3.75. The van der Waals surface area contributed by atoms with Crippen LogP contribution in [0.2, 0.25) is 0 Å². The maximum absolute atomic E-state index is 5.71. The zero-order chi connectivity index (χ0) is 12.9. The predicted molar refractivity (Wildman–Crippen MR) is 74.9 cm³/mol. The van der Waals surface area contributed by atoms with Gasteiger partial charge in [-0.1, -0.05) is 6.07 Å². The van der Waals surface area contributed by atoms with Crippen molar-refractivity contribution in [2.75, 3.05) is 39.3 Å². The summed E-state index contributed by atoms with van der Waals surface area (Å²) < 4.78 is 5.71. The van der Waals surface area contributed by atoms with Gasteiger partial charge in [-0.2, -0.15) is 0 Å². The van der Waals surface area contributed by atoms with Crippen molar-refractivity contribution in [2.24, 2.45) is 0 Å². The minimum absolute atomic E-state index is 0.491. The number of nitrogens with zero attached hydrogens (tertiary/aromatic N) is 3. The third-order valence-corrected chi connectivity index (χ3v) is 4.08. The second-order valence-corrected chi connectivity index (χ2v) is 5.57. The van der Waals surface area contributed by atoms with Crippen molar-refractivity contribution in [1.29, 1.82) is 0 Å². The maximum Gasteiger partial charge on any atom is 0.0702 e. The monoisotopic (exact) mass is 261 g/mol. The van der Waals surface area contributed by atoms with Crippen LogP contribution >= 0.6 is 0 Å². The minimum Gasteiger partial charge on any atom is -0.377 e. The first-order chi connectivity index (χ1) is 9.40. The highest BCUT2D eigenvalue weighted by molar-refractivity contribution is 5.08. The topological polar surface area (TPSA) is 28.6 Å². The van der Waals surface area contributed by atoms with Crippen molar-refractivity contribution in [3.8, 4) is 0 Å². The number of rotatable bonds is 4. The number of piperazine rings is 1. The first-order valence-corrected chi connectivity index (χ1v) is 7.35. The fourth-order valence-electron chi connectivity index (χ4n) is 2.96. The Bertz CT molecular complexity index is 370. The molecule has 1 aromatic rings. The van der Waals surface area contributed by atoms with Crippen LogP contribution in [0.3, 0.4) is 0 Å². The van der Waals surface area contributed by atoms with E-state index in [0.717, 1.165) is 32.8 Å². The molecule has 0 radical (unpaired) electrons. The van der Waals surface area contributed by atoms with Crippen LogP contribution in [0.5, 0.6) is 0 Å². The molecule has 2 aliphatic rings. The second kappa shape index (κ2) is 6.46. The molecule has 0 aliphatic carbocycles. The normalized spacial score (nSPS) is 25.8. The molecule has 0 aromatic carbocycles. The SMILES string of the molecule is c1cncc(CN2CCN(CC3CCCO3)CC2)c1. The molecule has 4 heteroatoms. The molecule has 0 spiro atoms. The number of aromatic nitrogens is 1. The van der Waals surface area contributed by atoms with Crippen LogP contribution in [-0.4, -0.2) is 60.2 Å². The van der Waals surface area contributed by atoms with E-state index in [1.807, 2.05) is 18.5 Å². The largest absolute Gasteiger partial charge is 0.377 e. The summed E-state index contributed by atoms with van der Waals surface area (Å²) >= 11 is 0. The van der Waals surface area contributed by atoms with Crippen molar-refractivity contribution in [1.82, 2.24) is 14.8 Å². The lowest BCUT2D eigenvalue weighted by molar-refractivity contribution is 0.0489. The Balaban J connectivity index is 1.41. The lowest BCUT2D eigenvalue weighted by Gasteiger charge is -2.35. The first kappa shape index (κ1) is 13.0. The van der Waals surface area contributed by atoms with Crippen LogP contribution in [-0.2, 0) is 11.3 Å². The lowest BCUT2D eigenvalue weighted by atomic mass is 10.2. The van der Waals surface area contributed by atoms with Gasteiger partial charge in [-0.3, -0.25) is 14.8 Å². The lowest BCUT2D eigenvalue weighted by Crippen LogP contribution is -2.48. The van der Waals surface area contributed by atoms with Crippen molar-refractivity contribution in [3.63, 3.8) is 0 Å². The molecule has 2 saturated heterocycles. The van der Waals surface area contributed by atoms with E-state index in [2.05, 4.69) is 20.9 Å². The average molecular weight is 261 g/mol. The van der Waals surface area contributed by atoms with Gasteiger partial charge in [-0.25, -0.2) is 0 Å². The Kier molecular flexibility index (Phi) is 4.43. The van der Waals surface area contributed by atoms with Gasteiger partial charge < -0.3 is 4.74 Å². The molecule has 1 atom stereocenters. The van der Waals surface area contributed by atoms with Crippen LogP contribution in [0.15, 0.2) is 24.5 Å². The second-order valence-electron chi connectivity index (χ2n) is 5.57. The van der Waals surface area contributed by atoms with Crippen molar-refractivity contribution in [2.45, 2.75) is 25.5 Å². The Hall–Kier alpha value is -0.970. The zero-order valence-corrected chi connectivity index (χ0v) is 11.5. The molecule has 19 heavy (non-hydrogen) atoms. The first-order valence-electron chi connectivity index (χ1n) is 7.35. The van der Waals surface area contributed by atoms with E-state index < -0.39 is 0 Å². The molecule has 0 saturated carbocycles. The summed E-state index contributed by atoms with van der Waals surface area (Å²) in [7, 11) is 0. The van der Waals surface area contributed by atoms with Gasteiger partial charge in [-0.15, -0.1) is 0 Å². The molecule has 104 valence electrons. The van der Waals surface area contributed by atoms with Gasteiger partial charge in [0.15, 0.2) is 0 Å². The number of pyridine rings is 1. The fourth-order valence-corrected chi connectivity index (χ4v) is 2.96. The quantitative estimate of drug-likeness (QED) is 0.818. The van der Waals surface area contributed by atoms with Gasteiger partial charge >= 0.3 is 0 Å². The fraction of sp³-hybridized carbons (Fsp3) is 0.667. The van der Waals surface area contributed by atoms with Crippen molar-refractivity contribution >= 4 is 0 Å². The van der Waals surface area contributed by atoms with Gasteiger partial charge in [-0.05, 0) is 24.5 Å². The number of hydrogen-bond donors (Lipinski definition) is 0. The van der Waals surface area contributed by atoms with Crippen LogP contribution < -0.4 is 0 Å². The van der Waals surface area contributed by atoms with Gasteiger partial charge in [0.05, 0.1) is 6.10 Å². The standard InChI is InChI=1S/C15H23N3O/c1-3-14(11-16-5-1)12-17-6-8-18(9-7-17)13-15-4-2-10-19-15/h1,3,5,11,15H,2,4,6-10,12-13H2. The summed E-state index contributed by atoms with van der Waals surface area (Å²) in [5.41, 5.74) is 1.31. The summed E-state index contributed by atoms with van der Waals surface area (Å²) in [5.74, 6) is 0. The zero-order valence-electron chi connectivity index (χ0n) is 11.5. The molecule has 1 unspecified atom stereocenters. The van der Waals surface area contributed by atoms with Crippen molar-refractivity contribution in [3.05, 3.63) is 30.1 Å². The molecule has 0 amide bonds. The van der Waals surface area contributed by atoms with Crippen LogP contribution in [0.4, 0.5) is 0 Å². The van der Waals surface area contributed by atoms with E-state index >= 15 is 0 Å². The average Bonchev–Trinajstić information content (AvgIpc) is 2.95. The van der Waals surface area contributed by atoms with Crippen LogP contribution in [0, 0.1) is 0 Å². The Morgan fingerprint density at radius 3 is 2.74 bits per heavy atom. The summed E-state index contributed by atoms with van der Waals surface area (Å²) in [4.78, 5) is 9.25. The smallest absolute Gasteiger partial charge is 0.0702 e. The van der Waals surface area contributed by atoms with Crippen LogP contribution in [0.25, 0.3) is 0 Å². The minimum atomic E-state index is 0.491. The summed E-state index contributed by atoms with van der Waals surface area (Å²) in [5, 5.41) is 0. The van der Waals surface area contributed by atoms with Gasteiger partial charge in [0.1, 0.15) is 0 Å². The van der Waals surface area contributed by atoms with E-state index in [-0.39, 0.29) is 0 Å². The van der Waals surface area contributed by atoms with Gasteiger partial charge in [0, 0.05) is 58.3 Å². The summed E-state index contributed by atoms with van der Waals surface area (Å²) in [6.45, 7) is 7.76. The van der Waals surface area contributed by atoms with Gasteiger partial charge in [0.2, 0.25) is 0 Å². The third-order valence-electron chi connectivity index (χ3n) is 4.08. The highest BCUT2D eigenvalue weighted by Gasteiger charge is 2.22. The molecule has 0 bridgehead atoms. The van der Waals surface area contributed by atoms with E-state index in [0.29, 0.717) is 6.10 Å². The Labute approximate surface area is 115 Å². The molecule has 1 aromatic heterocycles. The molecule has 2 aliphatic heterocycles. The van der Waals surface area contributed by atoms with Crippen LogP contribution in [0.1, 0.15) is 18.4 Å². The highest BCUT2D eigenvalue weighted by atomic mass is 16.5. The van der Waals surface area contributed by atoms with E-state index in [9.17, 15) is 0 Å². The highest BCUT2D eigenvalue weighted by Crippen LogP contribution is 2.15. The molecule has 0 N–H and O–H groups in total. The van der Waals surface area contributed by atoms with E-state index in [4.69, 9.17) is 4.74 Å². The van der Waals surface area contributed by atoms with E-state index in [1.54, 1.807) is 0 Å². The molecular formula is C15H23N3O. The molecule has 4 nitrogen and oxygen atoms in total. The van der Waals surface area contributed by atoms with E-state index in [1.165, 1.54) is 31.5 Å². The molecule has 3 heterocycles. The molecule has 3 rings (SSSR count). The summed E-state index contributed by atoms with van der Waals surface area (Å²) in [6.07, 6.45) is 6.79.